The standard InChI is InChI=1S/C18H17ClN2O/c1-11(20)15-16(12-7-4-3-5-8-12)21(2)17-13(18(15)22)9-6-10-14(17)19/h3-11H,20H2,1-2H3. The van der Waals surface area contributed by atoms with Crippen molar-refractivity contribution in [1.82, 2.24) is 4.57 Å². The minimum absolute atomic E-state index is 0.0514. The normalized spacial score (nSPS) is 12.5. The van der Waals surface area contributed by atoms with E-state index in [9.17, 15) is 4.79 Å². The zero-order valence-electron chi connectivity index (χ0n) is 12.5. The van der Waals surface area contributed by atoms with E-state index in [1.165, 1.54) is 0 Å². The molecule has 3 aromatic rings. The Bertz CT molecular complexity index is 898. The molecule has 1 aromatic heterocycles. The van der Waals surface area contributed by atoms with Gasteiger partial charge in [0.05, 0.1) is 16.2 Å². The minimum atomic E-state index is -0.364. The van der Waals surface area contributed by atoms with E-state index < -0.39 is 0 Å². The van der Waals surface area contributed by atoms with Gasteiger partial charge in [-0.05, 0) is 24.6 Å². The molecule has 4 heteroatoms. The Balaban J connectivity index is 2.55. The van der Waals surface area contributed by atoms with E-state index >= 15 is 0 Å². The summed E-state index contributed by atoms with van der Waals surface area (Å²) < 4.78 is 1.97. The smallest absolute Gasteiger partial charge is 0.194 e. The fraction of sp³-hybridized carbons (Fsp3) is 0.167. The fourth-order valence-corrected chi connectivity index (χ4v) is 3.25. The van der Waals surface area contributed by atoms with Crippen LogP contribution in [0.4, 0.5) is 0 Å². The van der Waals surface area contributed by atoms with Crippen LogP contribution < -0.4 is 11.2 Å². The van der Waals surface area contributed by atoms with E-state index in [2.05, 4.69) is 0 Å². The maximum Gasteiger partial charge on any atom is 0.194 e. The molecule has 1 atom stereocenters. The van der Waals surface area contributed by atoms with Crippen LogP contribution in [0.1, 0.15) is 18.5 Å². The number of nitrogens with zero attached hydrogens (tertiary/aromatic N) is 1. The highest BCUT2D eigenvalue weighted by Crippen LogP contribution is 2.30. The molecular formula is C18H17ClN2O. The van der Waals surface area contributed by atoms with Gasteiger partial charge in [-0.15, -0.1) is 0 Å². The summed E-state index contributed by atoms with van der Waals surface area (Å²) in [6.07, 6.45) is 0. The number of aromatic nitrogens is 1. The number of rotatable bonds is 2. The molecule has 112 valence electrons. The monoisotopic (exact) mass is 312 g/mol. The molecule has 22 heavy (non-hydrogen) atoms. The first-order chi connectivity index (χ1) is 10.5. The van der Waals surface area contributed by atoms with E-state index in [4.69, 9.17) is 17.3 Å². The summed E-state index contributed by atoms with van der Waals surface area (Å²) in [6.45, 7) is 1.83. The molecule has 1 heterocycles. The van der Waals surface area contributed by atoms with E-state index in [-0.39, 0.29) is 11.5 Å². The number of hydrogen-bond acceptors (Lipinski definition) is 2. The highest BCUT2D eigenvalue weighted by Gasteiger charge is 2.20. The van der Waals surface area contributed by atoms with Crippen molar-refractivity contribution in [1.29, 1.82) is 0 Å². The van der Waals surface area contributed by atoms with Crippen LogP contribution in [0.3, 0.4) is 0 Å². The lowest BCUT2D eigenvalue weighted by molar-refractivity contribution is 0.793. The molecule has 0 amide bonds. The third-order valence-electron chi connectivity index (χ3n) is 3.90. The summed E-state index contributed by atoms with van der Waals surface area (Å²) in [4.78, 5) is 12.9. The summed E-state index contributed by atoms with van der Waals surface area (Å²) in [7, 11) is 1.92. The fourth-order valence-electron chi connectivity index (χ4n) is 2.95. The van der Waals surface area contributed by atoms with Crippen LogP contribution in [0.25, 0.3) is 22.2 Å². The van der Waals surface area contributed by atoms with Gasteiger partial charge in [0.2, 0.25) is 0 Å². The minimum Gasteiger partial charge on any atom is -0.342 e. The summed E-state index contributed by atoms with van der Waals surface area (Å²) in [5.74, 6) is 0. The lowest BCUT2D eigenvalue weighted by Gasteiger charge is -2.20. The predicted octanol–water partition coefficient (Wildman–Crippen LogP) is 3.88. The molecule has 0 radical (unpaired) electrons. The molecule has 0 saturated heterocycles. The number of nitrogens with two attached hydrogens (primary N) is 1. The molecule has 0 aliphatic heterocycles. The maximum absolute atomic E-state index is 12.9. The molecule has 0 saturated carbocycles. The van der Waals surface area contributed by atoms with Crippen molar-refractivity contribution in [3.63, 3.8) is 0 Å². The van der Waals surface area contributed by atoms with E-state index in [1.807, 2.05) is 48.9 Å². The van der Waals surface area contributed by atoms with E-state index in [1.54, 1.807) is 18.2 Å². The average molecular weight is 313 g/mol. The Kier molecular flexibility index (Phi) is 3.77. The van der Waals surface area contributed by atoms with Gasteiger partial charge in [-0.2, -0.15) is 0 Å². The zero-order valence-corrected chi connectivity index (χ0v) is 13.3. The van der Waals surface area contributed by atoms with Gasteiger partial charge in [0.15, 0.2) is 5.43 Å². The van der Waals surface area contributed by atoms with Crippen LogP contribution in [0.2, 0.25) is 5.02 Å². The zero-order chi connectivity index (χ0) is 15.9. The van der Waals surface area contributed by atoms with Crippen LogP contribution in [0, 0.1) is 0 Å². The van der Waals surface area contributed by atoms with Crippen LogP contribution in [-0.2, 0) is 7.05 Å². The number of para-hydroxylation sites is 1. The Hall–Kier alpha value is -2.10. The van der Waals surface area contributed by atoms with Gasteiger partial charge in [0, 0.05) is 24.0 Å². The van der Waals surface area contributed by atoms with E-state index in [0.717, 1.165) is 16.8 Å². The highest BCUT2D eigenvalue weighted by atomic mass is 35.5. The van der Waals surface area contributed by atoms with Gasteiger partial charge >= 0.3 is 0 Å². The second kappa shape index (κ2) is 5.59. The molecule has 3 nitrogen and oxygen atoms in total. The third-order valence-corrected chi connectivity index (χ3v) is 4.21. The molecule has 1 unspecified atom stereocenters. The van der Waals surface area contributed by atoms with Gasteiger partial charge in [-0.3, -0.25) is 4.79 Å². The topological polar surface area (TPSA) is 48.0 Å². The number of halogens is 1. The molecule has 3 rings (SSSR count). The van der Waals surface area contributed by atoms with Crippen LogP contribution in [-0.4, -0.2) is 4.57 Å². The van der Waals surface area contributed by atoms with Crippen molar-refractivity contribution in [3.05, 3.63) is 69.3 Å². The second-order valence-corrected chi connectivity index (χ2v) is 5.85. The Morgan fingerprint density at radius 2 is 1.77 bits per heavy atom. The molecule has 0 aliphatic rings. The third kappa shape index (κ3) is 2.23. The first-order valence-electron chi connectivity index (χ1n) is 7.14. The molecule has 0 fully saturated rings. The molecule has 2 aromatic carbocycles. The Morgan fingerprint density at radius 1 is 1.09 bits per heavy atom. The average Bonchev–Trinajstić information content (AvgIpc) is 2.50. The number of fused-ring (bicyclic) bond motifs is 1. The maximum atomic E-state index is 12.9. The molecular weight excluding hydrogens is 296 g/mol. The van der Waals surface area contributed by atoms with Gasteiger partial charge < -0.3 is 10.3 Å². The van der Waals surface area contributed by atoms with Crippen LogP contribution >= 0.6 is 11.6 Å². The van der Waals surface area contributed by atoms with Gasteiger partial charge in [0.1, 0.15) is 0 Å². The van der Waals surface area contributed by atoms with Crippen molar-refractivity contribution in [2.45, 2.75) is 13.0 Å². The first kappa shape index (κ1) is 14.8. The van der Waals surface area contributed by atoms with Gasteiger partial charge in [0.25, 0.3) is 0 Å². The summed E-state index contributed by atoms with van der Waals surface area (Å²) >= 11 is 6.33. The number of benzene rings is 2. The van der Waals surface area contributed by atoms with Gasteiger partial charge in [-0.25, -0.2) is 0 Å². The van der Waals surface area contributed by atoms with Crippen molar-refractivity contribution in [2.75, 3.05) is 0 Å². The van der Waals surface area contributed by atoms with Crippen molar-refractivity contribution >= 4 is 22.5 Å². The molecule has 2 N–H and O–H groups in total. The van der Waals surface area contributed by atoms with Gasteiger partial charge in [-0.1, -0.05) is 48.0 Å². The lowest BCUT2D eigenvalue weighted by Crippen LogP contribution is -2.23. The molecule has 0 aliphatic carbocycles. The summed E-state index contributed by atoms with van der Waals surface area (Å²) in [6, 6.07) is 14.8. The lowest BCUT2D eigenvalue weighted by atomic mass is 9.97. The first-order valence-corrected chi connectivity index (χ1v) is 7.52. The summed E-state index contributed by atoms with van der Waals surface area (Å²) in [5, 5.41) is 1.16. The van der Waals surface area contributed by atoms with E-state index in [0.29, 0.717) is 16.0 Å². The molecule has 0 bridgehead atoms. The number of aryl methyl sites for hydroxylation is 1. The number of pyridine rings is 1. The predicted molar refractivity (Wildman–Crippen MR) is 92.2 cm³/mol. The second-order valence-electron chi connectivity index (χ2n) is 5.44. The highest BCUT2D eigenvalue weighted by molar-refractivity contribution is 6.35. The quantitative estimate of drug-likeness (QED) is 0.780. The number of hydrogen-bond donors (Lipinski definition) is 1. The molecule has 0 spiro atoms. The largest absolute Gasteiger partial charge is 0.342 e. The SMILES string of the molecule is CC(N)c1c(-c2ccccc2)n(C)c2c(Cl)cccc2c1=O. The van der Waals surface area contributed by atoms with Crippen molar-refractivity contribution < 1.29 is 0 Å². The van der Waals surface area contributed by atoms with Crippen LogP contribution in [0.15, 0.2) is 53.3 Å². The summed E-state index contributed by atoms with van der Waals surface area (Å²) in [5.41, 5.74) is 9.18. The Labute approximate surface area is 133 Å². The van der Waals surface area contributed by atoms with Crippen LogP contribution in [0.5, 0.6) is 0 Å². The van der Waals surface area contributed by atoms with Crippen molar-refractivity contribution in [2.24, 2.45) is 12.8 Å². The van der Waals surface area contributed by atoms with Crippen molar-refractivity contribution in [3.8, 4) is 11.3 Å². The Morgan fingerprint density at radius 3 is 2.41 bits per heavy atom.